The summed E-state index contributed by atoms with van der Waals surface area (Å²) in [5, 5.41) is 0. The van der Waals surface area contributed by atoms with Crippen LogP contribution in [0.5, 0.6) is 0 Å². The molecule has 0 aliphatic rings. The summed E-state index contributed by atoms with van der Waals surface area (Å²) in [6.45, 7) is 13.4. The van der Waals surface area contributed by atoms with Crippen LogP contribution in [0.2, 0.25) is 13.3 Å². The van der Waals surface area contributed by atoms with Crippen molar-refractivity contribution < 1.29 is 0 Å². The fourth-order valence-electron chi connectivity index (χ4n) is 2.55. The molecule has 0 saturated carbocycles. The molecule has 1 rings (SSSR count). The molecule has 0 atom stereocenters. The zero-order chi connectivity index (χ0) is 16.8. The third-order valence-corrected chi connectivity index (χ3v) is 13.6. The number of rotatable bonds is 9. The Kier molecular flexibility index (Phi) is 14.6. The molecule has 0 aromatic heterocycles. The van der Waals surface area contributed by atoms with Gasteiger partial charge < -0.3 is 0 Å². The van der Waals surface area contributed by atoms with Crippen molar-refractivity contribution in [1.82, 2.24) is 0 Å². The molecule has 0 aliphatic carbocycles. The quantitative estimate of drug-likeness (QED) is 0.370. The van der Waals surface area contributed by atoms with Crippen LogP contribution in [-0.4, -0.2) is 19.8 Å². The minimum absolute atomic E-state index is 0.839. The molecule has 0 unspecified atom stereocenters. The summed E-state index contributed by atoms with van der Waals surface area (Å²) in [5.74, 6) is 0. The van der Waals surface area contributed by atoms with E-state index in [2.05, 4.69) is 59.7 Å². The Morgan fingerprint density at radius 1 is 0.682 bits per heavy atom. The van der Waals surface area contributed by atoms with E-state index < -0.39 is 19.8 Å². The van der Waals surface area contributed by atoms with E-state index in [4.69, 9.17) is 0 Å². The van der Waals surface area contributed by atoms with Gasteiger partial charge >= 0.3 is 92.4 Å². The van der Waals surface area contributed by atoms with Crippen molar-refractivity contribution in [3.63, 3.8) is 0 Å². The van der Waals surface area contributed by atoms with Crippen LogP contribution in [0.15, 0.2) is 18.2 Å². The Bertz CT molecular complexity index is 331. The second-order valence-corrected chi connectivity index (χ2v) is 15.1. The number of benzene rings is 1. The molecule has 0 aliphatic heterocycles. The number of hydrogen-bond donors (Lipinski definition) is 0. The average molecular weight is 410 g/mol. The van der Waals surface area contributed by atoms with Gasteiger partial charge in [0.1, 0.15) is 0 Å². The molecule has 1 aromatic carbocycles. The maximum absolute atomic E-state index is 2.33. The first kappa shape index (κ1) is 22.0. The van der Waals surface area contributed by atoms with Gasteiger partial charge in [-0.2, -0.15) is 0 Å². The Hall–Kier alpha value is 0.0187. The fraction of sp³-hybridized carbons (Fsp3) is 0.714. The zero-order valence-corrected chi connectivity index (χ0v) is 19.0. The van der Waals surface area contributed by atoms with Crippen LogP contribution in [0.3, 0.4) is 0 Å². The summed E-state index contributed by atoms with van der Waals surface area (Å²) < 4.78 is 5.04. The van der Waals surface area contributed by atoms with Gasteiger partial charge in [-0.15, -0.1) is 0 Å². The smallest absolute Gasteiger partial charge is 0.0392 e. The SMILES string of the molecule is CCC[CH2][Sn]([CH2]CCC)[CH2]CCC.Cc1cccc(C)c1C. The molecular weight excluding hydrogens is 371 g/mol. The topological polar surface area (TPSA) is 0 Å². The Labute approximate surface area is 147 Å². The van der Waals surface area contributed by atoms with E-state index in [1.54, 1.807) is 13.3 Å². The van der Waals surface area contributed by atoms with E-state index in [0.717, 1.165) is 0 Å². The minimum Gasteiger partial charge on any atom is -0.0617 e. The van der Waals surface area contributed by atoms with Crippen molar-refractivity contribution in [2.24, 2.45) is 0 Å². The second kappa shape index (κ2) is 14.6. The largest absolute Gasteiger partial charge is 0.0617 e. The summed E-state index contributed by atoms with van der Waals surface area (Å²) >= 11 is -0.839. The van der Waals surface area contributed by atoms with E-state index in [-0.39, 0.29) is 0 Å². The first-order valence-corrected chi connectivity index (χ1v) is 15.5. The molecule has 0 bridgehead atoms. The van der Waals surface area contributed by atoms with Crippen molar-refractivity contribution >= 4 is 19.8 Å². The minimum atomic E-state index is -0.839. The van der Waals surface area contributed by atoms with Crippen LogP contribution in [0.25, 0.3) is 0 Å². The molecule has 127 valence electrons. The molecular formula is C21H39Sn. The molecule has 1 heteroatoms. The maximum Gasteiger partial charge on any atom is -0.0392 e. The second-order valence-electron chi connectivity index (χ2n) is 6.58. The number of unbranched alkanes of at least 4 members (excludes halogenated alkanes) is 3. The maximum atomic E-state index is 2.33. The van der Waals surface area contributed by atoms with Crippen LogP contribution in [0.4, 0.5) is 0 Å². The molecule has 0 amide bonds. The molecule has 0 nitrogen and oxygen atoms in total. The Morgan fingerprint density at radius 3 is 1.32 bits per heavy atom. The van der Waals surface area contributed by atoms with Crippen molar-refractivity contribution in [2.75, 3.05) is 0 Å². The van der Waals surface area contributed by atoms with Gasteiger partial charge in [0.25, 0.3) is 0 Å². The molecule has 22 heavy (non-hydrogen) atoms. The average Bonchev–Trinajstić information content (AvgIpc) is 2.52. The third-order valence-electron chi connectivity index (χ3n) is 4.53. The van der Waals surface area contributed by atoms with Gasteiger partial charge in [0, 0.05) is 0 Å². The van der Waals surface area contributed by atoms with Gasteiger partial charge in [-0.1, -0.05) is 18.2 Å². The van der Waals surface area contributed by atoms with E-state index in [0.29, 0.717) is 0 Å². The van der Waals surface area contributed by atoms with E-state index >= 15 is 0 Å². The van der Waals surface area contributed by atoms with Gasteiger partial charge in [-0.3, -0.25) is 0 Å². The molecule has 1 radical (unpaired) electrons. The normalized spacial score (nSPS) is 10.5. The van der Waals surface area contributed by atoms with Gasteiger partial charge in [0.2, 0.25) is 0 Å². The van der Waals surface area contributed by atoms with Crippen LogP contribution in [0.1, 0.15) is 76.0 Å². The molecule has 0 heterocycles. The Morgan fingerprint density at radius 2 is 1.05 bits per heavy atom. The van der Waals surface area contributed by atoms with Crippen molar-refractivity contribution in [3.05, 3.63) is 34.9 Å². The van der Waals surface area contributed by atoms with Crippen molar-refractivity contribution in [2.45, 2.75) is 93.4 Å². The van der Waals surface area contributed by atoms with Crippen molar-refractivity contribution in [1.29, 1.82) is 0 Å². The Balaban J connectivity index is 0.000000425. The zero-order valence-electron chi connectivity index (χ0n) is 16.1. The molecule has 0 saturated heterocycles. The van der Waals surface area contributed by atoms with E-state index in [9.17, 15) is 0 Å². The summed E-state index contributed by atoms with van der Waals surface area (Å²) in [7, 11) is 0. The summed E-state index contributed by atoms with van der Waals surface area (Å²) in [5.41, 5.74) is 4.18. The number of hydrogen-bond acceptors (Lipinski definition) is 0. The molecule has 0 N–H and O–H groups in total. The van der Waals surface area contributed by atoms with Gasteiger partial charge in [0.05, 0.1) is 0 Å². The summed E-state index contributed by atoms with van der Waals surface area (Å²) in [4.78, 5) is 0. The van der Waals surface area contributed by atoms with Crippen LogP contribution < -0.4 is 0 Å². The van der Waals surface area contributed by atoms with Crippen LogP contribution in [-0.2, 0) is 0 Å². The van der Waals surface area contributed by atoms with E-state index in [1.807, 2.05) is 0 Å². The standard InChI is InChI=1S/C9H12.3C4H9.Sn/c1-7-5-4-6-8(2)9(7)3;3*1-3-4-2;/h4-6H,1-3H3;3*1,3-4H2,2H3;. The van der Waals surface area contributed by atoms with Crippen LogP contribution >= 0.6 is 0 Å². The first-order valence-electron chi connectivity index (χ1n) is 9.43. The predicted octanol–water partition coefficient (Wildman–Crippen LogP) is 7.49. The summed E-state index contributed by atoms with van der Waals surface area (Å²) in [6.07, 6.45) is 8.85. The molecule has 0 fully saturated rings. The van der Waals surface area contributed by atoms with Gasteiger partial charge in [-0.25, -0.2) is 0 Å². The monoisotopic (exact) mass is 411 g/mol. The summed E-state index contributed by atoms with van der Waals surface area (Å²) in [6, 6.07) is 6.38. The van der Waals surface area contributed by atoms with E-state index in [1.165, 1.54) is 55.2 Å². The van der Waals surface area contributed by atoms with Crippen LogP contribution in [0, 0.1) is 20.8 Å². The molecule has 1 aromatic rings. The number of aryl methyl sites for hydroxylation is 2. The van der Waals surface area contributed by atoms with Gasteiger partial charge in [0.15, 0.2) is 0 Å². The fourth-order valence-corrected chi connectivity index (χ4v) is 12.0. The van der Waals surface area contributed by atoms with Crippen molar-refractivity contribution in [3.8, 4) is 0 Å². The van der Waals surface area contributed by atoms with Gasteiger partial charge in [-0.05, 0) is 37.5 Å². The third kappa shape index (κ3) is 10.7. The predicted molar refractivity (Wildman–Crippen MR) is 106 cm³/mol. The molecule has 0 spiro atoms. The first-order chi connectivity index (χ1) is 10.6.